The van der Waals surface area contributed by atoms with E-state index in [0.29, 0.717) is 0 Å². The van der Waals surface area contributed by atoms with Crippen LogP contribution >= 0.6 is 0 Å². The summed E-state index contributed by atoms with van der Waals surface area (Å²) < 4.78 is 5.99. The fourth-order valence-electron chi connectivity index (χ4n) is 2.14. The van der Waals surface area contributed by atoms with Gasteiger partial charge in [0.2, 0.25) is 0 Å². The van der Waals surface area contributed by atoms with Gasteiger partial charge < -0.3 is 9.73 Å². The summed E-state index contributed by atoms with van der Waals surface area (Å²) in [7, 11) is 0. The zero-order valence-electron chi connectivity index (χ0n) is 13.8. The average Bonchev–Trinajstić information content (AvgIpc) is 2.69. The highest BCUT2D eigenvalue weighted by atomic mass is 16.3. The highest BCUT2D eigenvalue weighted by molar-refractivity contribution is 5.20. The molecule has 1 N–H and O–H groups in total. The molecular weight excluding hydrogens is 248 g/mol. The summed E-state index contributed by atoms with van der Waals surface area (Å²) in [6.07, 6.45) is 3.09. The van der Waals surface area contributed by atoms with Crippen LogP contribution in [0.1, 0.15) is 51.2 Å². The third-order valence-electron chi connectivity index (χ3n) is 3.43. The Bertz CT molecular complexity index is 415. The van der Waals surface area contributed by atoms with E-state index in [-0.39, 0.29) is 5.54 Å². The maximum atomic E-state index is 5.99. The third-order valence-corrected chi connectivity index (χ3v) is 3.43. The van der Waals surface area contributed by atoms with Gasteiger partial charge in [0.1, 0.15) is 11.5 Å². The van der Waals surface area contributed by atoms with Crippen LogP contribution in [0.3, 0.4) is 0 Å². The first-order valence-electron chi connectivity index (χ1n) is 7.53. The highest BCUT2D eigenvalue weighted by Crippen LogP contribution is 2.21. The van der Waals surface area contributed by atoms with Crippen molar-refractivity contribution in [2.45, 2.75) is 59.7 Å². The van der Waals surface area contributed by atoms with Crippen LogP contribution in [0, 0.1) is 6.92 Å². The quantitative estimate of drug-likeness (QED) is 0.578. The van der Waals surface area contributed by atoms with Gasteiger partial charge in [0.15, 0.2) is 0 Å². The van der Waals surface area contributed by atoms with Crippen LogP contribution in [-0.2, 0) is 13.1 Å². The number of furan rings is 1. The van der Waals surface area contributed by atoms with Crippen LogP contribution in [0.5, 0.6) is 0 Å². The first-order chi connectivity index (χ1) is 9.38. The Hall–Kier alpha value is -1.06. The fourth-order valence-corrected chi connectivity index (χ4v) is 2.14. The minimum absolute atomic E-state index is 0.107. The molecule has 0 aliphatic heterocycles. The van der Waals surface area contributed by atoms with Crippen LogP contribution < -0.4 is 5.32 Å². The molecule has 0 radical (unpaired) electrons. The van der Waals surface area contributed by atoms with Gasteiger partial charge in [-0.3, -0.25) is 4.90 Å². The maximum absolute atomic E-state index is 5.99. The SMILES string of the molecule is C=CCN(Cc1cc(C)c(CNCCC)o1)C(C)(C)C. The molecule has 0 saturated heterocycles. The minimum atomic E-state index is 0.107. The molecule has 0 fully saturated rings. The van der Waals surface area contributed by atoms with Gasteiger partial charge in [-0.1, -0.05) is 13.0 Å². The van der Waals surface area contributed by atoms with E-state index in [4.69, 9.17) is 4.42 Å². The van der Waals surface area contributed by atoms with E-state index < -0.39 is 0 Å². The van der Waals surface area contributed by atoms with Crippen molar-refractivity contribution in [2.75, 3.05) is 13.1 Å². The molecule has 20 heavy (non-hydrogen) atoms. The molecule has 0 aromatic carbocycles. The van der Waals surface area contributed by atoms with Gasteiger partial charge in [-0.25, -0.2) is 0 Å². The molecule has 0 aliphatic rings. The predicted molar refractivity (Wildman–Crippen MR) is 85.8 cm³/mol. The normalized spacial score (nSPS) is 12.1. The zero-order valence-corrected chi connectivity index (χ0v) is 13.8. The Morgan fingerprint density at radius 3 is 2.65 bits per heavy atom. The van der Waals surface area contributed by atoms with E-state index in [1.165, 1.54) is 5.56 Å². The first kappa shape index (κ1) is 17.0. The minimum Gasteiger partial charge on any atom is -0.463 e. The lowest BCUT2D eigenvalue weighted by Crippen LogP contribution is -2.40. The number of nitrogens with zero attached hydrogens (tertiary/aromatic N) is 1. The van der Waals surface area contributed by atoms with Gasteiger partial charge in [0.25, 0.3) is 0 Å². The molecule has 0 aliphatic carbocycles. The first-order valence-corrected chi connectivity index (χ1v) is 7.53. The van der Waals surface area contributed by atoms with Crippen LogP contribution in [0.25, 0.3) is 0 Å². The van der Waals surface area contributed by atoms with Crippen LogP contribution in [-0.4, -0.2) is 23.5 Å². The molecule has 1 aromatic heterocycles. The molecule has 0 unspecified atom stereocenters. The molecule has 3 nitrogen and oxygen atoms in total. The van der Waals surface area contributed by atoms with Crippen LogP contribution in [0.4, 0.5) is 0 Å². The van der Waals surface area contributed by atoms with Gasteiger partial charge in [0, 0.05) is 12.1 Å². The van der Waals surface area contributed by atoms with Gasteiger partial charge in [-0.05, 0) is 52.3 Å². The van der Waals surface area contributed by atoms with Gasteiger partial charge in [-0.2, -0.15) is 0 Å². The Labute approximate surface area is 124 Å². The second-order valence-electron chi connectivity index (χ2n) is 6.34. The summed E-state index contributed by atoms with van der Waals surface area (Å²) in [4.78, 5) is 2.36. The van der Waals surface area contributed by atoms with Crippen molar-refractivity contribution in [3.63, 3.8) is 0 Å². The standard InChI is InChI=1S/C17H30N2O/c1-7-9-18-12-16-14(3)11-15(20-16)13-19(10-8-2)17(4,5)6/h8,11,18H,2,7,9-10,12-13H2,1,3-6H3. The summed E-state index contributed by atoms with van der Waals surface area (Å²) >= 11 is 0. The lowest BCUT2D eigenvalue weighted by atomic mass is 10.1. The topological polar surface area (TPSA) is 28.4 Å². The summed E-state index contributed by atoms with van der Waals surface area (Å²) in [5.74, 6) is 2.09. The van der Waals surface area contributed by atoms with E-state index in [1.807, 2.05) is 6.08 Å². The summed E-state index contributed by atoms with van der Waals surface area (Å²) in [6.45, 7) is 18.3. The predicted octanol–water partition coefficient (Wildman–Crippen LogP) is 3.87. The summed E-state index contributed by atoms with van der Waals surface area (Å²) in [6, 6.07) is 2.16. The molecule has 1 aromatic rings. The summed E-state index contributed by atoms with van der Waals surface area (Å²) in [5, 5.41) is 3.39. The maximum Gasteiger partial charge on any atom is 0.120 e. The van der Waals surface area contributed by atoms with Gasteiger partial charge in [0.05, 0.1) is 13.1 Å². The van der Waals surface area contributed by atoms with E-state index >= 15 is 0 Å². The Kier molecular flexibility index (Phi) is 6.50. The van der Waals surface area contributed by atoms with Crippen molar-refractivity contribution in [2.24, 2.45) is 0 Å². The molecule has 114 valence electrons. The van der Waals surface area contributed by atoms with Crippen molar-refractivity contribution in [1.29, 1.82) is 0 Å². The smallest absolute Gasteiger partial charge is 0.120 e. The summed E-state index contributed by atoms with van der Waals surface area (Å²) in [5.41, 5.74) is 1.34. The number of hydrogen-bond donors (Lipinski definition) is 1. The second-order valence-corrected chi connectivity index (χ2v) is 6.34. The fraction of sp³-hybridized carbons (Fsp3) is 0.647. The zero-order chi connectivity index (χ0) is 15.2. The van der Waals surface area contributed by atoms with Crippen molar-refractivity contribution in [1.82, 2.24) is 10.2 Å². The Morgan fingerprint density at radius 1 is 1.40 bits per heavy atom. The number of aryl methyl sites for hydroxylation is 1. The highest BCUT2D eigenvalue weighted by Gasteiger charge is 2.21. The molecule has 1 rings (SSSR count). The van der Waals surface area contributed by atoms with Gasteiger partial charge >= 0.3 is 0 Å². The van der Waals surface area contributed by atoms with Crippen molar-refractivity contribution < 1.29 is 4.42 Å². The van der Waals surface area contributed by atoms with E-state index in [0.717, 1.165) is 44.1 Å². The van der Waals surface area contributed by atoms with Crippen LogP contribution in [0.15, 0.2) is 23.1 Å². The van der Waals surface area contributed by atoms with Crippen molar-refractivity contribution in [3.8, 4) is 0 Å². The third kappa shape index (κ3) is 5.14. The molecule has 0 atom stereocenters. The molecule has 3 heteroatoms. The van der Waals surface area contributed by atoms with E-state index in [1.54, 1.807) is 0 Å². The van der Waals surface area contributed by atoms with E-state index in [9.17, 15) is 0 Å². The van der Waals surface area contributed by atoms with Gasteiger partial charge in [-0.15, -0.1) is 6.58 Å². The Balaban J connectivity index is 2.71. The lowest BCUT2D eigenvalue weighted by molar-refractivity contribution is 0.133. The molecule has 0 amide bonds. The molecule has 0 bridgehead atoms. The average molecular weight is 278 g/mol. The van der Waals surface area contributed by atoms with Crippen molar-refractivity contribution in [3.05, 3.63) is 35.8 Å². The molecular formula is C17H30N2O. The van der Waals surface area contributed by atoms with E-state index in [2.05, 4.69) is 57.5 Å². The monoisotopic (exact) mass is 278 g/mol. The molecule has 1 heterocycles. The molecule has 0 spiro atoms. The lowest BCUT2D eigenvalue weighted by Gasteiger charge is -2.34. The number of hydrogen-bond acceptors (Lipinski definition) is 3. The van der Waals surface area contributed by atoms with Crippen molar-refractivity contribution >= 4 is 0 Å². The molecule has 0 saturated carbocycles. The number of nitrogens with one attached hydrogen (secondary N) is 1. The Morgan fingerprint density at radius 2 is 2.10 bits per heavy atom. The number of rotatable bonds is 8. The second kappa shape index (κ2) is 7.65. The largest absolute Gasteiger partial charge is 0.463 e. The van der Waals surface area contributed by atoms with Crippen LogP contribution in [0.2, 0.25) is 0 Å².